The molecule has 1 aliphatic rings. The third kappa shape index (κ3) is 4.90. The minimum absolute atomic E-state index is 0.00164. The second-order valence-corrected chi connectivity index (χ2v) is 9.91. The van der Waals surface area contributed by atoms with Crippen molar-refractivity contribution < 1.29 is 17.9 Å². The van der Waals surface area contributed by atoms with Crippen LogP contribution in [0.25, 0.3) is 0 Å². The van der Waals surface area contributed by atoms with Crippen molar-refractivity contribution in [3.63, 3.8) is 0 Å². The van der Waals surface area contributed by atoms with Crippen molar-refractivity contribution in [2.75, 3.05) is 32.3 Å². The summed E-state index contributed by atoms with van der Waals surface area (Å²) in [4.78, 5) is 12.4. The summed E-state index contributed by atoms with van der Waals surface area (Å²) >= 11 is 1.33. The Balaban J connectivity index is 1.69. The van der Waals surface area contributed by atoms with Gasteiger partial charge < -0.3 is 14.6 Å². The molecule has 1 aromatic heterocycles. The summed E-state index contributed by atoms with van der Waals surface area (Å²) in [5.74, 6) is 1.09. The molecule has 0 saturated carbocycles. The molecule has 0 radical (unpaired) electrons. The number of fused-ring (bicyclic) bond motifs is 1. The number of nitrogens with zero attached hydrogens (tertiary/aromatic N) is 4. The van der Waals surface area contributed by atoms with Crippen LogP contribution in [0.3, 0.4) is 0 Å². The summed E-state index contributed by atoms with van der Waals surface area (Å²) < 4.78 is 33.4. The number of thioether (sulfide) groups is 1. The standard InChI is InChI=1S/C18H25N5O4S2/c1-22(2)29(25,26)15-11-13(8-9-14(15)27-3)19-17(24)12-28-18-21-20-16-7-5-4-6-10-23(16)18/h8-9,11H,4-7,10,12H2,1-3H3,(H,19,24). The molecule has 11 heteroatoms. The lowest BCUT2D eigenvalue weighted by atomic mass is 10.2. The second kappa shape index (κ2) is 9.14. The molecule has 0 aliphatic carbocycles. The number of ether oxygens (including phenoxy) is 1. The fraction of sp³-hybridized carbons (Fsp3) is 0.500. The van der Waals surface area contributed by atoms with E-state index in [2.05, 4.69) is 20.1 Å². The number of carbonyl (C=O) groups is 1. The largest absolute Gasteiger partial charge is 0.495 e. The third-order valence-corrected chi connectivity index (χ3v) is 7.42. The molecule has 2 heterocycles. The Bertz CT molecular complexity index is 988. The molecule has 0 fully saturated rings. The first-order valence-electron chi connectivity index (χ1n) is 9.28. The van der Waals surface area contributed by atoms with E-state index in [-0.39, 0.29) is 22.3 Å². The maximum atomic E-state index is 12.5. The van der Waals surface area contributed by atoms with E-state index in [1.54, 1.807) is 6.07 Å². The van der Waals surface area contributed by atoms with Crippen molar-refractivity contribution in [1.29, 1.82) is 0 Å². The molecule has 1 aliphatic heterocycles. The van der Waals surface area contributed by atoms with Crippen molar-refractivity contribution in [3.05, 3.63) is 24.0 Å². The minimum Gasteiger partial charge on any atom is -0.495 e. The lowest BCUT2D eigenvalue weighted by Crippen LogP contribution is -2.23. The van der Waals surface area contributed by atoms with E-state index in [0.29, 0.717) is 5.69 Å². The van der Waals surface area contributed by atoms with Crippen LogP contribution in [0.5, 0.6) is 5.75 Å². The zero-order chi connectivity index (χ0) is 21.0. The zero-order valence-corrected chi connectivity index (χ0v) is 18.3. The number of aryl methyl sites for hydroxylation is 1. The second-order valence-electron chi connectivity index (χ2n) is 6.85. The van der Waals surface area contributed by atoms with Gasteiger partial charge in [0.25, 0.3) is 0 Å². The van der Waals surface area contributed by atoms with Crippen molar-refractivity contribution in [3.8, 4) is 5.75 Å². The van der Waals surface area contributed by atoms with E-state index < -0.39 is 10.0 Å². The average Bonchev–Trinajstić information content (AvgIpc) is 2.92. The maximum Gasteiger partial charge on any atom is 0.246 e. The predicted molar refractivity (Wildman–Crippen MR) is 111 cm³/mol. The Kier molecular flexibility index (Phi) is 6.81. The smallest absolute Gasteiger partial charge is 0.246 e. The van der Waals surface area contributed by atoms with Gasteiger partial charge in [-0.25, -0.2) is 12.7 Å². The minimum atomic E-state index is -3.71. The van der Waals surface area contributed by atoms with Crippen LogP contribution in [0.4, 0.5) is 5.69 Å². The van der Waals surface area contributed by atoms with Crippen molar-refractivity contribution >= 4 is 33.4 Å². The van der Waals surface area contributed by atoms with Gasteiger partial charge in [-0.05, 0) is 31.0 Å². The first-order valence-corrected chi connectivity index (χ1v) is 11.7. The summed E-state index contributed by atoms with van der Waals surface area (Å²) in [5.41, 5.74) is 0.386. The van der Waals surface area contributed by atoms with Crippen molar-refractivity contribution in [2.45, 2.75) is 42.3 Å². The quantitative estimate of drug-likeness (QED) is 0.658. The molecule has 1 N–H and O–H groups in total. The molecule has 0 atom stereocenters. The van der Waals surface area contributed by atoms with Gasteiger partial charge in [-0.15, -0.1) is 10.2 Å². The monoisotopic (exact) mass is 439 g/mol. The Morgan fingerprint density at radius 3 is 2.79 bits per heavy atom. The lowest BCUT2D eigenvalue weighted by Gasteiger charge is -2.16. The number of rotatable bonds is 7. The van der Waals surface area contributed by atoms with E-state index in [0.717, 1.165) is 41.1 Å². The average molecular weight is 440 g/mol. The van der Waals surface area contributed by atoms with E-state index >= 15 is 0 Å². The Hall–Kier alpha value is -2.11. The number of sulfonamides is 1. The highest BCUT2D eigenvalue weighted by Crippen LogP contribution is 2.29. The molecule has 158 valence electrons. The number of nitrogens with one attached hydrogen (secondary N) is 1. The number of methoxy groups -OCH3 is 1. The van der Waals surface area contributed by atoms with Gasteiger partial charge in [0.05, 0.1) is 12.9 Å². The molecule has 2 aromatic rings. The fourth-order valence-electron chi connectivity index (χ4n) is 3.05. The van der Waals surface area contributed by atoms with Crippen LogP contribution >= 0.6 is 11.8 Å². The van der Waals surface area contributed by atoms with Crippen LogP contribution in [0, 0.1) is 0 Å². The Morgan fingerprint density at radius 2 is 2.07 bits per heavy atom. The normalized spacial score (nSPS) is 14.3. The molecular formula is C18H25N5O4S2. The van der Waals surface area contributed by atoms with E-state index in [4.69, 9.17) is 4.74 Å². The van der Waals surface area contributed by atoms with E-state index in [1.807, 2.05) is 0 Å². The van der Waals surface area contributed by atoms with Gasteiger partial charge in [-0.1, -0.05) is 18.2 Å². The Morgan fingerprint density at radius 1 is 1.28 bits per heavy atom. The molecule has 1 amide bonds. The fourth-order valence-corrected chi connectivity index (χ4v) is 4.90. The van der Waals surface area contributed by atoms with Crippen molar-refractivity contribution in [2.24, 2.45) is 0 Å². The highest BCUT2D eigenvalue weighted by atomic mass is 32.2. The van der Waals surface area contributed by atoms with Crippen LogP contribution in [0.1, 0.15) is 25.1 Å². The van der Waals surface area contributed by atoms with E-state index in [1.165, 1.54) is 51.5 Å². The lowest BCUT2D eigenvalue weighted by molar-refractivity contribution is -0.113. The molecule has 0 bridgehead atoms. The summed E-state index contributed by atoms with van der Waals surface area (Å²) in [7, 11) is 0.579. The topological polar surface area (TPSA) is 106 Å². The molecule has 0 spiro atoms. The zero-order valence-electron chi connectivity index (χ0n) is 16.7. The molecule has 0 unspecified atom stereocenters. The maximum absolute atomic E-state index is 12.5. The van der Waals surface area contributed by atoms with Gasteiger partial charge >= 0.3 is 0 Å². The molecule has 1 aromatic carbocycles. The van der Waals surface area contributed by atoms with Crippen LogP contribution in [0.2, 0.25) is 0 Å². The third-order valence-electron chi connectivity index (χ3n) is 4.61. The summed E-state index contributed by atoms with van der Waals surface area (Å²) in [5, 5.41) is 11.9. The highest BCUT2D eigenvalue weighted by Gasteiger charge is 2.23. The Labute approximate surface area is 174 Å². The number of anilines is 1. The number of hydrogen-bond acceptors (Lipinski definition) is 7. The van der Waals surface area contributed by atoms with E-state index in [9.17, 15) is 13.2 Å². The molecular weight excluding hydrogens is 414 g/mol. The van der Waals surface area contributed by atoms with Crippen LogP contribution in [0.15, 0.2) is 28.3 Å². The van der Waals surface area contributed by atoms with Gasteiger partial charge in [0.1, 0.15) is 16.5 Å². The SMILES string of the molecule is COc1ccc(NC(=O)CSc2nnc3n2CCCCC3)cc1S(=O)(=O)N(C)C. The van der Waals surface area contributed by atoms with Gasteiger partial charge in [-0.2, -0.15) is 0 Å². The molecule has 3 rings (SSSR count). The highest BCUT2D eigenvalue weighted by molar-refractivity contribution is 7.99. The van der Waals surface area contributed by atoms with Gasteiger partial charge in [0.2, 0.25) is 15.9 Å². The first kappa shape index (κ1) is 21.6. The molecule has 0 saturated heterocycles. The van der Waals surface area contributed by atoms with Crippen LogP contribution in [-0.2, 0) is 27.8 Å². The summed E-state index contributed by atoms with van der Waals surface area (Å²) in [6, 6.07) is 4.54. The van der Waals surface area contributed by atoms with Crippen LogP contribution in [-0.4, -0.2) is 60.4 Å². The summed E-state index contributed by atoms with van der Waals surface area (Å²) in [6.45, 7) is 0.872. The number of benzene rings is 1. The summed E-state index contributed by atoms with van der Waals surface area (Å²) in [6.07, 6.45) is 4.27. The predicted octanol–water partition coefficient (Wildman–Crippen LogP) is 1.99. The van der Waals surface area contributed by atoms with Gasteiger partial charge in [0, 0.05) is 32.7 Å². The first-order chi connectivity index (χ1) is 13.8. The van der Waals surface area contributed by atoms with Gasteiger partial charge in [-0.3, -0.25) is 4.79 Å². The molecule has 29 heavy (non-hydrogen) atoms. The number of carbonyl (C=O) groups excluding carboxylic acids is 1. The molecule has 9 nitrogen and oxygen atoms in total. The van der Waals surface area contributed by atoms with Crippen molar-refractivity contribution in [1.82, 2.24) is 19.1 Å². The van der Waals surface area contributed by atoms with Gasteiger partial charge in [0.15, 0.2) is 5.16 Å². The number of aromatic nitrogens is 3. The number of hydrogen-bond donors (Lipinski definition) is 1. The van der Waals surface area contributed by atoms with Crippen LogP contribution < -0.4 is 10.1 Å². The number of amides is 1.